The van der Waals surface area contributed by atoms with E-state index >= 15 is 0 Å². The fourth-order valence-corrected chi connectivity index (χ4v) is 2.59. The van der Waals surface area contributed by atoms with Crippen molar-refractivity contribution < 1.29 is 14.6 Å². The van der Waals surface area contributed by atoms with E-state index in [9.17, 15) is 4.79 Å². The molecule has 0 unspecified atom stereocenters. The number of halogens is 1. The molecule has 0 saturated heterocycles. The average molecular weight is 332 g/mol. The monoisotopic (exact) mass is 331 g/mol. The molecule has 118 valence electrons. The van der Waals surface area contributed by atoms with Crippen molar-refractivity contribution in [2.24, 2.45) is 0 Å². The van der Waals surface area contributed by atoms with E-state index in [1.165, 1.54) is 4.90 Å². The molecule has 0 fully saturated rings. The number of amides is 1. The Morgan fingerprint density at radius 2 is 2.00 bits per heavy atom. The summed E-state index contributed by atoms with van der Waals surface area (Å²) in [6, 6.07) is 7.71. The van der Waals surface area contributed by atoms with Crippen molar-refractivity contribution >= 4 is 29.3 Å². The van der Waals surface area contributed by atoms with E-state index in [0.717, 1.165) is 23.6 Å². The van der Waals surface area contributed by atoms with Gasteiger partial charge in [0.05, 0.1) is 13.2 Å². The maximum Gasteiger partial charge on any atom is 0.220 e. The van der Waals surface area contributed by atoms with Gasteiger partial charge in [-0.15, -0.1) is 11.8 Å². The fraction of sp³-hybridized carbons (Fsp3) is 0.533. The van der Waals surface area contributed by atoms with Crippen LogP contribution in [0, 0.1) is 0 Å². The zero-order valence-corrected chi connectivity index (χ0v) is 13.6. The van der Waals surface area contributed by atoms with Crippen molar-refractivity contribution in [3.05, 3.63) is 29.3 Å². The number of aliphatic hydroxyl groups excluding tert-OH is 1. The normalized spacial score (nSPS) is 10.6. The first-order chi connectivity index (χ1) is 10.2. The van der Waals surface area contributed by atoms with Gasteiger partial charge in [-0.1, -0.05) is 11.6 Å². The molecule has 0 aliphatic carbocycles. The van der Waals surface area contributed by atoms with Crippen LogP contribution in [0.15, 0.2) is 29.2 Å². The molecule has 0 aliphatic rings. The minimum Gasteiger partial charge on any atom is -0.394 e. The minimum atomic E-state index is 0.0393. The molecular weight excluding hydrogens is 310 g/mol. The Morgan fingerprint density at radius 3 is 2.71 bits per heavy atom. The molecule has 0 saturated carbocycles. The molecule has 0 bridgehead atoms. The lowest BCUT2D eigenvalue weighted by Crippen LogP contribution is -2.25. The molecule has 0 aliphatic heterocycles. The maximum atomic E-state index is 11.6. The fourth-order valence-electron chi connectivity index (χ4n) is 1.61. The van der Waals surface area contributed by atoms with Crippen molar-refractivity contribution in [1.29, 1.82) is 0 Å². The quantitative estimate of drug-likeness (QED) is 0.483. The Labute approximate surface area is 135 Å². The van der Waals surface area contributed by atoms with Gasteiger partial charge in [-0.05, 0) is 42.9 Å². The van der Waals surface area contributed by atoms with Crippen LogP contribution in [0.3, 0.4) is 0 Å². The number of hydrogen-bond donors (Lipinski definition) is 2. The highest BCUT2D eigenvalue weighted by atomic mass is 35.5. The van der Waals surface area contributed by atoms with Gasteiger partial charge in [-0.2, -0.15) is 0 Å². The van der Waals surface area contributed by atoms with Crippen LogP contribution < -0.4 is 5.32 Å². The predicted octanol–water partition coefficient (Wildman–Crippen LogP) is 2.73. The zero-order chi connectivity index (χ0) is 15.3. The Hall–Kier alpha value is -0.750. The van der Waals surface area contributed by atoms with Crippen LogP contribution in [-0.2, 0) is 9.53 Å². The van der Waals surface area contributed by atoms with E-state index in [0.29, 0.717) is 26.2 Å². The van der Waals surface area contributed by atoms with Crippen LogP contribution in [-0.4, -0.2) is 43.1 Å². The Kier molecular flexibility index (Phi) is 10.3. The molecule has 0 aromatic heterocycles. The molecule has 1 amide bonds. The summed E-state index contributed by atoms with van der Waals surface area (Å²) < 4.78 is 5.11. The summed E-state index contributed by atoms with van der Waals surface area (Å²) in [5.41, 5.74) is 0. The van der Waals surface area contributed by atoms with Crippen LogP contribution in [0.5, 0.6) is 0 Å². The Morgan fingerprint density at radius 1 is 1.24 bits per heavy atom. The van der Waals surface area contributed by atoms with Crippen LogP contribution in [0.1, 0.15) is 19.3 Å². The van der Waals surface area contributed by atoms with Gasteiger partial charge in [0.2, 0.25) is 5.91 Å². The highest BCUT2D eigenvalue weighted by molar-refractivity contribution is 7.99. The van der Waals surface area contributed by atoms with Gasteiger partial charge in [0.25, 0.3) is 0 Å². The van der Waals surface area contributed by atoms with Gasteiger partial charge in [-0.25, -0.2) is 0 Å². The van der Waals surface area contributed by atoms with Crippen LogP contribution in [0.25, 0.3) is 0 Å². The summed E-state index contributed by atoms with van der Waals surface area (Å²) in [6.45, 7) is 1.58. The standard InChI is InChI=1S/C15H22ClNO3S/c16-13-4-6-14(7-5-13)21-12-1-3-15(19)17-8-2-10-20-11-9-18/h4-7,18H,1-3,8-12H2,(H,17,19). The lowest BCUT2D eigenvalue weighted by molar-refractivity contribution is -0.121. The van der Waals surface area contributed by atoms with Crippen LogP contribution in [0.2, 0.25) is 5.02 Å². The van der Waals surface area contributed by atoms with Crippen molar-refractivity contribution in [1.82, 2.24) is 5.32 Å². The summed E-state index contributed by atoms with van der Waals surface area (Å²) >= 11 is 7.55. The summed E-state index contributed by atoms with van der Waals surface area (Å²) in [4.78, 5) is 12.7. The predicted molar refractivity (Wildman–Crippen MR) is 86.9 cm³/mol. The second-order valence-corrected chi connectivity index (χ2v) is 6.05. The van der Waals surface area contributed by atoms with Gasteiger partial charge in [0, 0.05) is 29.5 Å². The van der Waals surface area contributed by atoms with Gasteiger partial charge >= 0.3 is 0 Å². The number of carbonyl (C=O) groups excluding carboxylic acids is 1. The van der Waals surface area contributed by atoms with Crippen molar-refractivity contribution in [2.75, 3.05) is 32.1 Å². The topological polar surface area (TPSA) is 58.6 Å². The van der Waals surface area contributed by atoms with E-state index in [1.54, 1.807) is 11.8 Å². The SMILES string of the molecule is O=C(CCCSc1ccc(Cl)cc1)NCCCOCCO. The number of hydrogen-bond acceptors (Lipinski definition) is 4. The summed E-state index contributed by atoms with van der Waals surface area (Å²) in [6.07, 6.45) is 2.16. The molecule has 1 rings (SSSR count). The van der Waals surface area contributed by atoms with Gasteiger partial charge in [0.1, 0.15) is 0 Å². The van der Waals surface area contributed by atoms with Crippen molar-refractivity contribution in [2.45, 2.75) is 24.2 Å². The molecule has 6 heteroatoms. The molecule has 0 atom stereocenters. The van der Waals surface area contributed by atoms with Gasteiger partial charge < -0.3 is 15.2 Å². The smallest absolute Gasteiger partial charge is 0.220 e. The zero-order valence-electron chi connectivity index (χ0n) is 12.0. The van der Waals surface area contributed by atoms with Gasteiger partial charge in [-0.3, -0.25) is 4.79 Å². The van der Waals surface area contributed by atoms with Crippen molar-refractivity contribution in [3.8, 4) is 0 Å². The molecule has 0 heterocycles. The Bertz CT molecular complexity index is 400. The van der Waals surface area contributed by atoms with Gasteiger partial charge in [0.15, 0.2) is 0 Å². The summed E-state index contributed by atoms with van der Waals surface area (Å²) in [5.74, 6) is 0.989. The molecule has 0 radical (unpaired) electrons. The summed E-state index contributed by atoms with van der Waals surface area (Å²) in [7, 11) is 0. The van der Waals surface area contributed by atoms with E-state index in [-0.39, 0.29) is 12.5 Å². The number of thioether (sulfide) groups is 1. The molecule has 2 N–H and O–H groups in total. The average Bonchev–Trinajstić information content (AvgIpc) is 2.49. The number of ether oxygens (including phenoxy) is 1. The lowest BCUT2D eigenvalue weighted by Gasteiger charge is -2.06. The Balaban J connectivity index is 1.97. The number of rotatable bonds is 11. The second kappa shape index (κ2) is 11.9. The van der Waals surface area contributed by atoms with E-state index < -0.39 is 0 Å². The van der Waals surface area contributed by atoms with Crippen LogP contribution >= 0.6 is 23.4 Å². The largest absolute Gasteiger partial charge is 0.394 e. The lowest BCUT2D eigenvalue weighted by atomic mass is 10.3. The highest BCUT2D eigenvalue weighted by Crippen LogP contribution is 2.21. The third-order valence-electron chi connectivity index (χ3n) is 2.65. The van der Waals surface area contributed by atoms with E-state index in [2.05, 4.69) is 5.32 Å². The first-order valence-corrected chi connectivity index (χ1v) is 8.42. The molecule has 1 aromatic rings. The molecular formula is C15H22ClNO3S. The maximum absolute atomic E-state index is 11.6. The number of nitrogens with one attached hydrogen (secondary N) is 1. The third-order valence-corrected chi connectivity index (χ3v) is 4.00. The highest BCUT2D eigenvalue weighted by Gasteiger charge is 2.01. The number of aliphatic hydroxyl groups is 1. The molecule has 0 spiro atoms. The first kappa shape index (κ1) is 18.3. The van der Waals surface area contributed by atoms with E-state index in [1.807, 2.05) is 24.3 Å². The second-order valence-electron chi connectivity index (χ2n) is 4.45. The molecule has 21 heavy (non-hydrogen) atoms. The number of benzene rings is 1. The summed E-state index contributed by atoms with van der Waals surface area (Å²) in [5, 5.41) is 12.1. The third kappa shape index (κ3) is 9.74. The minimum absolute atomic E-state index is 0.0393. The molecule has 4 nitrogen and oxygen atoms in total. The van der Waals surface area contributed by atoms with E-state index in [4.69, 9.17) is 21.4 Å². The van der Waals surface area contributed by atoms with Crippen LogP contribution in [0.4, 0.5) is 0 Å². The molecule has 1 aromatic carbocycles. The first-order valence-electron chi connectivity index (χ1n) is 7.06. The number of carbonyl (C=O) groups is 1. The van der Waals surface area contributed by atoms with Crippen molar-refractivity contribution in [3.63, 3.8) is 0 Å².